The first kappa shape index (κ1) is 16.9. The second-order valence-electron chi connectivity index (χ2n) is 6.35. The number of likely N-dealkylation sites (N-methyl/N-ethyl adjacent to an activating group) is 1. The number of hydrogen-bond donors (Lipinski definition) is 2. The highest BCUT2D eigenvalue weighted by Gasteiger charge is 2.32. The molecule has 3 nitrogen and oxygen atoms in total. The Morgan fingerprint density at radius 2 is 2.10 bits per heavy atom. The molecule has 0 aliphatic heterocycles. The fourth-order valence-electron chi connectivity index (χ4n) is 3.32. The van der Waals surface area contributed by atoms with Gasteiger partial charge in [0.25, 0.3) is 0 Å². The Balaban J connectivity index is 1.85. The zero-order valence-electron chi connectivity index (χ0n) is 13.1. The summed E-state index contributed by atoms with van der Waals surface area (Å²) in [6.07, 6.45) is 5.29. The van der Waals surface area contributed by atoms with Crippen LogP contribution in [0.5, 0.6) is 0 Å². The van der Waals surface area contributed by atoms with E-state index in [9.17, 15) is 5.11 Å². The van der Waals surface area contributed by atoms with Crippen LogP contribution in [0.2, 0.25) is 0 Å². The van der Waals surface area contributed by atoms with Crippen molar-refractivity contribution in [2.24, 2.45) is 0 Å². The lowest BCUT2D eigenvalue weighted by atomic mass is 10.0. The molecule has 0 saturated heterocycles. The quantitative estimate of drug-likeness (QED) is 0.788. The first-order valence-corrected chi connectivity index (χ1v) is 8.65. The van der Waals surface area contributed by atoms with Gasteiger partial charge in [-0.3, -0.25) is 0 Å². The van der Waals surface area contributed by atoms with Gasteiger partial charge in [0.1, 0.15) is 0 Å². The van der Waals surface area contributed by atoms with Crippen molar-refractivity contribution < 1.29 is 5.11 Å². The molecule has 1 aliphatic rings. The van der Waals surface area contributed by atoms with Gasteiger partial charge in [0.05, 0.1) is 5.60 Å². The van der Waals surface area contributed by atoms with Crippen molar-refractivity contribution in [1.29, 1.82) is 0 Å². The first-order chi connectivity index (χ1) is 10.0. The number of hydrogen-bond acceptors (Lipinski definition) is 3. The van der Waals surface area contributed by atoms with Gasteiger partial charge in [0.2, 0.25) is 0 Å². The largest absolute Gasteiger partial charge is 0.389 e. The maximum Gasteiger partial charge on any atom is 0.0774 e. The Hall–Kier alpha value is -0.420. The van der Waals surface area contributed by atoms with Crippen molar-refractivity contribution in [3.8, 4) is 0 Å². The van der Waals surface area contributed by atoms with Gasteiger partial charge in [0.15, 0.2) is 0 Å². The van der Waals surface area contributed by atoms with Gasteiger partial charge in [-0.2, -0.15) is 0 Å². The minimum Gasteiger partial charge on any atom is -0.389 e. The van der Waals surface area contributed by atoms with E-state index in [-0.39, 0.29) is 0 Å². The van der Waals surface area contributed by atoms with Crippen molar-refractivity contribution >= 4 is 15.9 Å². The molecule has 1 aliphatic carbocycles. The van der Waals surface area contributed by atoms with Gasteiger partial charge in [-0.1, -0.05) is 40.9 Å². The van der Waals surface area contributed by atoms with Crippen LogP contribution in [0.3, 0.4) is 0 Å². The molecule has 4 heteroatoms. The zero-order valence-corrected chi connectivity index (χ0v) is 14.7. The maximum absolute atomic E-state index is 10.5. The molecule has 0 heterocycles. The predicted octanol–water partition coefficient (Wildman–Crippen LogP) is 3.34. The van der Waals surface area contributed by atoms with E-state index in [0.29, 0.717) is 6.04 Å². The molecule has 1 aromatic rings. The lowest BCUT2D eigenvalue weighted by molar-refractivity contribution is 0.0157. The smallest absolute Gasteiger partial charge is 0.0774 e. The van der Waals surface area contributed by atoms with E-state index in [4.69, 9.17) is 0 Å². The van der Waals surface area contributed by atoms with Gasteiger partial charge in [-0.05, 0) is 57.6 Å². The number of nitrogens with one attached hydrogen (secondary N) is 1. The van der Waals surface area contributed by atoms with Crippen LogP contribution in [-0.4, -0.2) is 42.8 Å². The van der Waals surface area contributed by atoms with E-state index in [1.54, 1.807) is 0 Å². The Kier molecular flexibility index (Phi) is 6.23. The number of rotatable bonds is 7. The molecule has 1 unspecified atom stereocenters. The summed E-state index contributed by atoms with van der Waals surface area (Å²) in [6, 6.07) is 8.82. The second kappa shape index (κ2) is 7.73. The van der Waals surface area contributed by atoms with Crippen LogP contribution in [0.25, 0.3) is 0 Å². The monoisotopic (exact) mass is 354 g/mol. The van der Waals surface area contributed by atoms with Crippen LogP contribution in [0.4, 0.5) is 0 Å². The zero-order chi connectivity index (χ0) is 15.3. The SMILES string of the molecule is CNC(CCN(C)CC1(O)CCCC1)c1cccc(Br)c1. The molecule has 0 aromatic heterocycles. The average molecular weight is 355 g/mol. The standard InChI is InChI=1S/C17H27BrN2O/c1-19-16(14-6-5-7-15(18)12-14)8-11-20(2)13-17(21)9-3-4-10-17/h5-7,12,16,19,21H,3-4,8-11,13H2,1-2H3. The van der Waals surface area contributed by atoms with E-state index in [1.165, 1.54) is 18.4 Å². The van der Waals surface area contributed by atoms with E-state index in [1.807, 2.05) is 7.05 Å². The summed E-state index contributed by atoms with van der Waals surface area (Å²) in [5.74, 6) is 0. The van der Waals surface area contributed by atoms with E-state index < -0.39 is 5.60 Å². The molecule has 2 rings (SSSR count). The number of halogens is 1. The number of benzene rings is 1. The molecule has 0 spiro atoms. The third-order valence-electron chi connectivity index (χ3n) is 4.50. The van der Waals surface area contributed by atoms with Crippen LogP contribution >= 0.6 is 15.9 Å². The third-order valence-corrected chi connectivity index (χ3v) is 4.99. The summed E-state index contributed by atoms with van der Waals surface area (Å²) >= 11 is 3.53. The Morgan fingerprint density at radius 3 is 2.71 bits per heavy atom. The van der Waals surface area contributed by atoms with E-state index in [0.717, 1.165) is 36.8 Å². The third kappa shape index (κ3) is 5.06. The summed E-state index contributed by atoms with van der Waals surface area (Å²) in [4.78, 5) is 2.27. The molecule has 0 bridgehead atoms. The molecular formula is C17H27BrN2O. The predicted molar refractivity (Wildman–Crippen MR) is 91.5 cm³/mol. The van der Waals surface area contributed by atoms with Crippen molar-refractivity contribution in [2.75, 3.05) is 27.2 Å². The Morgan fingerprint density at radius 1 is 1.38 bits per heavy atom. The summed E-state index contributed by atoms with van der Waals surface area (Å²) < 4.78 is 1.12. The van der Waals surface area contributed by atoms with Crippen molar-refractivity contribution in [3.05, 3.63) is 34.3 Å². The topological polar surface area (TPSA) is 35.5 Å². The fraction of sp³-hybridized carbons (Fsp3) is 0.647. The molecule has 1 fully saturated rings. The molecule has 1 saturated carbocycles. The first-order valence-electron chi connectivity index (χ1n) is 7.86. The van der Waals surface area contributed by atoms with E-state index in [2.05, 4.69) is 57.5 Å². The van der Waals surface area contributed by atoms with Gasteiger partial charge < -0.3 is 15.3 Å². The molecule has 0 radical (unpaired) electrons. The molecule has 118 valence electrons. The fourth-order valence-corrected chi connectivity index (χ4v) is 3.74. The normalized spacial score (nSPS) is 19.1. The molecule has 2 N–H and O–H groups in total. The average Bonchev–Trinajstić information content (AvgIpc) is 2.86. The Bertz CT molecular complexity index is 446. The van der Waals surface area contributed by atoms with Crippen molar-refractivity contribution in [1.82, 2.24) is 10.2 Å². The van der Waals surface area contributed by atoms with Crippen LogP contribution in [0.1, 0.15) is 43.7 Å². The summed E-state index contributed by atoms with van der Waals surface area (Å²) in [5.41, 5.74) is 0.861. The van der Waals surface area contributed by atoms with E-state index >= 15 is 0 Å². The van der Waals surface area contributed by atoms with Crippen LogP contribution < -0.4 is 5.32 Å². The minimum absolute atomic E-state index is 0.350. The highest BCUT2D eigenvalue weighted by Crippen LogP contribution is 2.30. The molecular weight excluding hydrogens is 328 g/mol. The van der Waals surface area contributed by atoms with Crippen molar-refractivity contribution in [3.63, 3.8) is 0 Å². The molecule has 0 amide bonds. The van der Waals surface area contributed by atoms with Crippen LogP contribution in [0, 0.1) is 0 Å². The molecule has 1 atom stereocenters. The maximum atomic E-state index is 10.5. The highest BCUT2D eigenvalue weighted by molar-refractivity contribution is 9.10. The minimum atomic E-state index is -0.445. The van der Waals surface area contributed by atoms with Crippen LogP contribution in [-0.2, 0) is 0 Å². The summed E-state index contributed by atoms with van der Waals surface area (Å²) in [6.45, 7) is 1.78. The lowest BCUT2D eigenvalue weighted by Crippen LogP contribution is -2.40. The second-order valence-corrected chi connectivity index (χ2v) is 7.27. The van der Waals surface area contributed by atoms with Crippen LogP contribution in [0.15, 0.2) is 28.7 Å². The van der Waals surface area contributed by atoms with Gasteiger partial charge >= 0.3 is 0 Å². The molecule has 21 heavy (non-hydrogen) atoms. The molecule has 1 aromatic carbocycles. The Labute approximate surface area is 136 Å². The highest BCUT2D eigenvalue weighted by atomic mass is 79.9. The lowest BCUT2D eigenvalue weighted by Gasteiger charge is -2.29. The van der Waals surface area contributed by atoms with Crippen molar-refractivity contribution in [2.45, 2.75) is 43.7 Å². The van der Waals surface area contributed by atoms with Gasteiger partial charge in [-0.15, -0.1) is 0 Å². The summed E-state index contributed by atoms with van der Waals surface area (Å²) in [7, 11) is 4.12. The number of aliphatic hydroxyl groups is 1. The van der Waals surface area contributed by atoms with Gasteiger partial charge in [0, 0.05) is 17.1 Å². The van der Waals surface area contributed by atoms with Gasteiger partial charge in [-0.25, -0.2) is 0 Å². The summed E-state index contributed by atoms with van der Waals surface area (Å²) in [5, 5.41) is 13.9. The number of nitrogens with zero attached hydrogens (tertiary/aromatic N) is 1.